The number of likely N-dealkylation sites (tertiary alicyclic amines) is 1. The molecule has 26 heavy (non-hydrogen) atoms. The third-order valence-electron chi connectivity index (χ3n) is 5.16. The highest BCUT2D eigenvalue weighted by Crippen LogP contribution is 2.27. The molecule has 2 fully saturated rings. The fraction of sp³-hybridized carbons (Fsp3) is 0.556. The van der Waals surface area contributed by atoms with Crippen molar-refractivity contribution in [3.63, 3.8) is 0 Å². The Morgan fingerprint density at radius 1 is 1.15 bits per heavy atom. The number of piperidine rings is 1. The number of hydrogen-bond acceptors (Lipinski definition) is 4. The first-order valence-electron chi connectivity index (χ1n) is 8.56. The van der Waals surface area contributed by atoms with Crippen molar-refractivity contribution in [1.29, 1.82) is 0 Å². The van der Waals surface area contributed by atoms with E-state index in [1.807, 2.05) is 0 Å². The second kappa shape index (κ2) is 8.41. The number of carbonyl (C=O) groups excluding carboxylic acids is 2. The van der Waals surface area contributed by atoms with Gasteiger partial charge in [0.25, 0.3) is 0 Å². The van der Waals surface area contributed by atoms with Gasteiger partial charge >= 0.3 is 0 Å². The molecular formula is C18H23ClF2N2O3. The third kappa shape index (κ3) is 4.22. The number of Topliss-reactive ketones (excluding diaryl/α,β-unsaturated/α-hetero) is 1. The van der Waals surface area contributed by atoms with Gasteiger partial charge in [0.2, 0.25) is 5.91 Å². The van der Waals surface area contributed by atoms with E-state index in [2.05, 4.69) is 0 Å². The molecule has 3 rings (SSSR count). The lowest BCUT2D eigenvalue weighted by atomic mass is 9.85. The maximum atomic E-state index is 13.8. The molecule has 1 aromatic rings. The Balaban J connectivity index is 0.00000243. The molecule has 8 heteroatoms. The normalized spacial score (nSPS) is 20.3. The first kappa shape index (κ1) is 20.7. The Morgan fingerprint density at radius 2 is 1.77 bits per heavy atom. The maximum absolute atomic E-state index is 13.8. The largest absolute Gasteiger partial charge is 0.381 e. The zero-order valence-corrected chi connectivity index (χ0v) is 15.2. The van der Waals surface area contributed by atoms with Gasteiger partial charge in [-0.25, -0.2) is 8.78 Å². The number of benzene rings is 1. The lowest BCUT2D eigenvalue weighted by molar-refractivity contribution is -0.141. The van der Waals surface area contributed by atoms with Crippen molar-refractivity contribution in [2.45, 2.75) is 31.2 Å². The Hall–Kier alpha value is -1.57. The zero-order chi connectivity index (χ0) is 18.0. The number of nitrogens with zero attached hydrogens (tertiary/aromatic N) is 1. The molecule has 1 amide bonds. The minimum absolute atomic E-state index is 0. The smallest absolute Gasteiger partial charge is 0.242 e. The van der Waals surface area contributed by atoms with Crippen LogP contribution in [0.5, 0.6) is 0 Å². The predicted octanol–water partition coefficient (Wildman–Crippen LogP) is 2.32. The predicted molar refractivity (Wildman–Crippen MR) is 94.2 cm³/mol. The molecule has 0 unspecified atom stereocenters. The van der Waals surface area contributed by atoms with Crippen molar-refractivity contribution in [1.82, 2.24) is 4.90 Å². The quantitative estimate of drug-likeness (QED) is 0.806. The summed E-state index contributed by atoms with van der Waals surface area (Å²) < 4.78 is 32.3. The summed E-state index contributed by atoms with van der Waals surface area (Å²) in [5.41, 5.74) is 5.11. The summed E-state index contributed by atoms with van der Waals surface area (Å²) in [7, 11) is 0. The van der Waals surface area contributed by atoms with E-state index >= 15 is 0 Å². The minimum Gasteiger partial charge on any atom is -0.381 e. The Bertz CT molecular complexity index is 672. The van der Waals surface area contributed by atoms with Crippen LogP contribution in [0.25, 0.3) is 0 Å². The molecule has 2 N–H and O–H groups in total. The summed E-state index contributed by atoms with van der Waals surface area (Å²) in [6, 6.07) is 2.89. The molecule has 2 aliphatic rings. The molecule has 0 atom stereocenters. The lowest BCUT2D eigenvalue weighted by Gasteiger charge is -2.39. The molecular weight excluding hydrogens is 366 g/mol. The van der Waals surface area contributed by atoms with Crippen LogP contribution in [-0.2, 0) is 9.53 Å². The number of hydrogen-bond donors (Lipinski definition) is 1. The standard InChI is InChI=1S/C18H22F2N2O3.ClH/c19-13-1-2-15(20)14(11-13)16(23)12-3-7-22(8-4-12)17(24)18(21)5-9-25-10-6-18;/h1-2,11-12H,3-10,21H2;1H. The third-order valence-corrected chi connectivity index (χ3v) is 5.16. The molecule has 144 valence electrons. The number of carbonyl (C=O) groups is 2. The van der Waals surface area contributed by atoms with Crippen LogP contribution in [0.1, 0.15) is 36.0 Å². The average molecular weight is 389 g/mol. The summed E-state index contributed by atoms with van der Waals surface area (Å²) in [5, 5.41) is 0. The molecule has 5 nitrogen and oxygen atoms in total. The van der Waals surface area contributed by atoms with Gasteiger partial charge < -0.3 is 15.4 Å². The Labute approximate surface area is 157 Å². The number of amides is 1. The van der Waals surface area contributed by atoms with Gasteiger partial charge in [0.05, 0.1) is 11.1 Å². The molecule has 0 bridgehead atoms. The second-order valence-corrected chi connectivity index (χ2v) is 6.82. The number of ether oxygens (including phenoxy) is 1. The van der Waals surface area contributed by atoms with Crippen molar-refractivity contribution >= 4 is 24.1 Å². The van der Waals surface area contributed by atoms with Crippen LogP contribution in [0, 0.1) is 17.6 Å². The van der Waals surface area contributed by atoms with Gasteiger partial charge in [0, 0.05) is 32.2 Å². The van der Waals surface area contributed by atoms with Crippen molar-refractivity contribution in [2.75, 3.05) is 26.3 Å². The first-order valence-corrected chi connectivity index (χ1v) is 8.56. The highest BCUT2D eigenvalue weighted by molar-refractivity contribution is 5.98. The van der Waals surface area contributed by atoms with E-state index in [1.165, 1.54) is 0 Å². The second-order valence-electron chi connectivity index (χ2n) is 6.82. The van der Waals surface area contributed by atoms with E-state index in [0.29, 0.717) is 52.0 Å². The summed E-state index contributed by atoms with van der Waals surface area (Å²) >= 11 is 0. The van der Waals surface area contributed by atoms with E-state index in [0.717, 1.165) is 18.2 Å². The van der Waals surface area contributed by atoms with Crippen molar-refractivity contribution in [2.24, 2.45) is 11.7 Å². The lowest BCUT2D eigenvalue weighted by Crippen LogP contribution is -2.59. The molecule has 0 aromatic heterocycles. The number of ketones is 1. The van der Waals surface area contributed by atoms with Crippen molar-refractivity contribution in [3.05, 3.63) is 35.4 Å². The SMILES string of the molecule is Cl.NC1(C(=O)N2CCC(C(=O)c3cc(F)ccc3F)CC2)CCOCC1. The molecule has 0 spiro atoms. The number of rotatable bonds is 3. The average Bonchev–Trinajstić information content (AvgIpc) is 2.63. The van der Waals surface area contributed by atoms with E-state index in [-0.39, 0.29) is 23.9 Å². The summed E-state index contributed by atoms with van der Waals surface area (Å²) in [4.78, 5) is 26.8. The summed E-state index contributed by atoms with van der Waals surface area (Å²) in [6.45, 7) is 1.73. The van der Waals surface area contributed by atoms with Crippen molar-refractivity contribution in [3.8, 4) is 0 Å². The van der Waals surface area contributed by atoms with Gasteiger partial charge in [0.1, 0.15) is 11.6 Å². The molecule has 2 saturated heterocycles. The van der Waals surface area contributed by atoms with Crippen LogP contribution in [-0.4, -0.2) is 48.4 Å². The van der Waals surface area contributed by atoms with E-state index in [4.69, 9.17) is 10.5 Å². The first-order chi connectivity index (χ1) is 11.9. The van der Waals surface area contributed by atoms with Crippen LogP contribution in [0.2, 0.25) is 0 Å². The molecule has 1 aromatic carbocycles. The number of nitrogens with two attached hydrogens (primary N) is 1. The maximum Gasteiger partial charge on any atom is 0.242 e. The molecule has 0 saturated carbocycles. The van der Waals surface area contributed by atoms with E-state index < -0.39 is 28.9 Å². The van der Waals surface area contributed by atoms with Crippen LogP contribution in [0.3, 0.4) is 0 Å². The minimum atomic E-state index is -0.899. The topological polar surface area (TPSA) is 72.6 Å². The Kier molecular flexibility index (Phi) is 6.71. The zero-order valence-electron chi connectivity index (χ0n) is 14.4. The Morgan fingerprint density at radius 3 is 2.38 bits per heavy atom. The van der Waals surface area contributed by atoms with Gasteiger partial charge in [0.15, 0.2) is 5.78 Å². The van der Waals surface area contributed by atoms with Gasteiger partial charge in [-0.15, -0.1) is 12.4 Å². The van der Waals surface area contributed by atoms with Crippen LogP contribution < -0.4 is 5.73 Å². The van der Waals surface area contributed by atoms with Gasteiger partial charge in [-0.2, -0.15) is 0 Å². The van der Waals surface area contributed by atoms with Crippen LogP contribution in [0.4, 0.5) is 8.78 Å². The van der Waals surface area contributed by atoms with Crippen LogP contribution >= 0.6 is 12.4 Å². The molecule has 0 aliphatic carbocycles. The molecule has 2 aliphatic heterocycles. The van der Waals surface area contributed by atoms with Gasteiger partial charge in [-0.1, -0.05) is 0 Å². The molecule has 2 heterocycles. The fourth-order valence-electron chi connectivity index (χ4n) is 3.52. The highest BCUT2D eigenvalue weighted by atomic mass is 35.5. The van der Waals surface area contributed by atoms with Gasteiger partial charge in [-0.05, 0) is 43.9 Å². The summed E-state index contributed by atoms with van der Waals surface area (Å²) in [5.74, 6) is -2.28. The highest BCUT2D eigenvalue weighted by Gasteiger charge is 2.40. The van der Waals surface area contributed by atoms with Gasteiger partial charge in [-0.3, -0.25) is 9.59 Å². The van der Waals surface area contributed by atoms with Crippen LogP contribution in [0.15, 0.2) is 18.2 Å². The summed E-state index contributed by atoms with van der Waals surface area (Å²) in [6.07, 6.45) is 1.82. The number of halogens is 3. The fourth-order valence-corrected chi connectivity index (χ4v) is 3.52. The van der Waals surface area contributed by atoms with Crippen molar-refractivity contribution < 1.29 is 23.1 Å². The van der Waals surface area contributed by atoms with E-state index in [9.17, 15) is 18.4 Å². The van der Waals surface area contributed by atoms with E-state index in [1.54, 1.807) is 4.90 Å². The molecule has 0 radical (unpaired) electrons. The monoisotopic (exact) mass is 388 g/mol.